The van der Waals surface area contributed by atoms with Crippen molar-refractivity contribution < 1.29 is 9.53 Å². The minimum atomic E-state index is -0.145. The highest BCUT2D eigenvalue weighted by atomic mass is 16.5. The predicted octanol–water partition coefficient (Wildman–Crippen LogP) is 0.108. The minimum absolute atomic E-state index is 0.145. The average molecular weight is 252 g/mol. The molecule has 1 fully saturated rings. The molecule has 6 nitrogen and oxygen atoms in total. The van der Waals surface area contributed by atoms with Crippen LogP contribution in [-0.4, -0.2) is 60.2 Å². The van der Waals surface area contributed by atoms with Crippen LogP contribution in [-0.2, 0) is 4.74 Å². The van der Waals surface area contributed by atoms with Gasteiger partial charge in [-0.15, -0.1) is 0 Å². The number of rotatable bonds is 5. The molecule has 0 saturated carbocycles. The Morgan fingerprint density at radius 3 is 3.06 bits per heavy atom. The molecule has 0 aromatic carbocycles. The van der Waals surface area contributed by atoms with Gasteiger partial charge in [0.15, 0.2) is 5.82 Å². The summed E-state index contributed by atoms with van der Waals surface area (Å²) in [5.41, 5.74) is 0. The van der Waals surface area contributed by atoms with Crippen molar-refractivity contribution in [2.24, 2.45) is 5.92 Å². The number of morpholine rings is 1. The van der Waals surface area contributed by atoms with E-state index < -0.39 is 0 Å². The van der Waals surface area contributed by atoms with Gasteiger partial charge in [0, 0.05) is 38.6 Å². The summed E-state index contributed by atoms with van der Waals surface area (Å²) in [6.45, 7) is 7.38. The van der Waals surface area contributed by atoms with Crippen LogP contribution in [0.15, 0.2) is 12.4 Å². The Balaban J connectivity index is 1.68. The number of ether oxygens (including phenoxy) is 1. The molecule has 1 unspecified atom stereocenters. The largest absolute Gasteiger partial charge is 0.379 e. The first-order valence-electron chi connectivity index (χ1n) is 6.33. The zero-order chi connectivity index (χ0) is 12.8. The van der Waals surface area contributed by atoms with Gasteiger partial charge in [0.25, 0.3) is 5.91 Å². The molecule has 1 aromatic rings. The van der Waals surface area contributed by atoms with E-state index in [1.54, 1.807) is 12.4 Å². The van der Waals surface area contributed by atoms with Crippen LogP contribution >= 0.6 is 0 Å². The molecular weight excluding hydrogens is 232 g/mol. The van der Waals surface area contributed by atoms with Crippen LogP contribution < -0.4 is 5.32 Å². The summed E-state index contributed by atoms with van der Waals surface area (Å²) in [5.74, 6) is 0.643. The van der Waals surface area contributed by atoms with Crippen LogP contribution in [0.2, 0.25) is 0 Å². The summed E-state index contributed by atoms with van der Waals surface area (Å²) in [6.07, 6.45) is 3.22. The minimum Gasteiger partial charge on any atom is -0.379 e. The normalized spacial score (nSPS) is 18.5. The van der Waals surface area contributed by atoms with Crippen LogP contribution in [0.4, 0.5) is 0 Å². The van der Waals surface area contributed by atoms with E-state index in [9.17, 15) is 4.79 Å². The van der Waals surface area contributed by atoms with Gasteiger partial charge in [-0.2, -0.15) is 0 Å². The molecule has 1 amide bonds. The number of nitrogens with one attached hydrogen (secondary N) is 2. The first-order valence-corrected chi connectivity index (χ1v) is 6.33. The molecule has 1 aromatic heterocycles. The lowest BCUT2D eigenvalue weighted by atomic mass is 10.1. The molecule has 1 aliphatic rings. The van der Waals surface area contributed by atoms with Crippen LogP contribution in [0.25, 0.3) is 0 Å². The molecule has 2 N–H and O–H groups in total. The third kappa shape index (κ3) is 3.82. The second-order valence-electron chi connectivity index (χ2n) is 4.67. The smallest absolute Gasteiger partial charge is 0.287 e. The molecule has 6 heteroatoms. The first-order chi connectivity index (χ1) is 8.75. The molecule has 2 rings (SSSR count). The van der Waals surface area contributed by atoms with E-state index in [0.29, 0.717) is 18.3 Å². The van der Waals surface area contributed by atoms with E-state index in [2.05, 4.69) is 27.1 Å². The van der Waals surface area contributed by atoms with Crippen molar-refractivity contribution in [2.75, 3.05) is 39.4 Å². The third-order valence-corrected chi connectivity index (χ3v) is 3.00. The van der Waals surface area contributed by atoms with Gasteiger partial charge in [0.2, 0.25) is 0 Å². The van der Waals surface area contributed by atoms with Crippen LogP contribution in [0.3, 0.4) is 0 Å². The number of imidazole rings is 1. The summed E-state index contributed by atoms with van der Waals surface area (Å²) < 4.78 is 5.30. The average Bonchev–Trinajstić information content (AvgIpc) is 2.91. The lowest BCUT2D eigenvalue weighted by Gasteiger charge is -2.29. The Bertz CT molecular complexity index is 360. The van der Waals surface area contributed by atoms with E-state index in [1.807, 2.05) is 0 Å². The number of amides is 1. The summed E-state index contributed by atoms with van der Waals surface area (Å²) in [5, 5.41) is 2.88. The van der Waals surface area contributed by atoms with Crippen molar-refractivity contribution in [3.8, 4) is 0 Å². The fraction of sp³-hybridized carbons (Fsp3) is 0.667. The SMILES string of the molecule is CC(CNC(=O)c1ncc[nH]1)CN1CCOCC1. The first kappa shape index (κ1) is 13.0. The maximum absolute atomic E-state index is 11.7. The zero-order valence-corrected chi connectivity index (χ0v) is 10.7. The fourth-order valence-electron chi connectivity index (χ4n) is 2.03. The van der Waals surface area contributed by atoms with Crippen LogP contribution in [0, 0.1) is 5.92 Å². The van der Waals surface area contributed by atoms with Gasteiger partial charge in [-0.1, -0.05) is 6.92 Å². The maximum atomic E-state index is 11.7. The Kier molecular flexibility index (Phi) is 4.72. The quantitative estimate of drug-likeness (QED) is 0.780. The van der Waals surface area contributed by atoms with E-state index >= 15 is 0 Å². The Morgan fingerprint density at radius 2 is 2.39 bits per heavy atom. The highest BCUT2D eigenvalue weighted by Gasteiger charge is 2.15. The second kappa shape index (κ2) is 6.51. The lowest BCUT2D eigenvalue weighted by molar-refractivity contribution is 0.0317. The highest BCUT2D eigenvalue weighted by Crippen LogP contribution is 2.02. The van der Waals surface area contributed by atoms with Gasteiger partial charge in [0.1, 0.15) is 0 Å². The Morgan fingerprint density at radius 1 is 1.61 bits per heavy atom. The fourth-order valence-corrected chi connectivity index (χ4v) is 2.03. The molecule has 100 valence electrons. The van der Waals surface area contributed by atoms with Crippen molar-refractivity contribution in [1.82, 2.24) is 20.2 Å². The summed E-state index contributed by atoms with van der Waals surface area (Å²) in [7, 11) is 0. The summed E-state index contributed by atoms with van der Waals surface area (Å²) in [4.78, 5) is 20.7. The molecule has 1 atom stereocenters. The Labute approximate surface area is 107 Å². The molecule has 0 radical (unpaired) electrons. The topological polar surface area (TPSA) is 70.2 Å². The number of hydrogen-bond acceptors (Lipinski definition) is 4. The van der Waals surface area contributed by atoms with Gasteiger partial charge < -0.3 is 15.0 Å². The summed E-state index contributed by atoms with van der Waals surface area (Å²) >= 11 is 0. The van der Waals surface area contributed by atoms with Crippen LogP contribution in [0.5, 0.6) is 0 Å². The second-order valence-corrected chi connectivity index (χ2v) is 4.67. The number of carbonyl (C=O) groups is 1. The predicted molar refractivity (Wildman–Crippen MR) is 67.3 cm³/mol. The summed E-state index contributed by atoms with van der Waals surface area (Å²) in [6, 6.07) is 0. The number of hydrogen-bond donors (Lipinski definition) is 2. The van der Waals surface area contributed by atoms with Crippen LogP contribution in [0.1, 0.15) is 17.5 Å². The molecular formula is C12H20N4O2. The van der Waals surface area contributed by atoms with Gasteiger partial charge in [-0.05, 0) is 5.92 Å². The van der Waals surface area contributed by atoms with Crippen molar-refractivity contribution in [3.63, 3.8) is 0 Å². The van der Waals surface area contributed by atoms with Crippen molar-refractivity contribution in [1.29, 1.82) is 0 Å². The van der Waals surface area contributed by atoms with E-state index in [1.165, 1.54) is 0 Å². The maximum Gasteiger partial charge on any atom is 0.287 e. The highest BCUT2D eigenvalue weighted by molar-refractivity contribution is 5.90. The van der Waals surface area contributed by atoms with Gasteiger partial charge in [0.05, 0.1) is 13.2 Å². The van der Waals surface area contributed by atoms with Gasteiger partial charge >= 0.3 is 0 Å². The van der Waals surface area contributed by atoms with Gasteiger partial charge in [-0.25, -0.2) is 4.98 Å². The monoisotopic (exact) mass is 252 g/mol. The lowest BCUT2D eigenvalue weighted by Crippen LogP contribution is -2.41. The molecule has 0 bridgehead atoms. The number of nitrogens with zero attached hydrogens (tertiary/aromatic N) is 2. The molecule has 0 spiro atoms. The zero-order valence-electron chi connectivity index (χ0n) is 10.7. The molecule has 18 heavy (non-hydrogen) atoms. The third-order valence-electron chi connectivity index (χ3n) is 3.00. The van der Waals surface area contributed by atoms with E-state index in [0.717, 1.165) is 32.8 Å². The molecule has 1 aliphatic heterocycles. The number of aromatic amines is 1. The van der Waals surface area contributed by atoms with Crippen molar-refractivity contribution >= 4 is 5.91 Å². The van der Waals surface area contributed by atoms with Crippen molar-refractivity contribution in [3.05, 3.63) is 18.2 Å². The van der Waals surface area contributed by atoms with Crippen molar-refractivity contribution in [2.45, 2.75) is 6.92 Å². The number of aromatic nitrogens is 2. The Hall–Kier alpha value is -1.40. The molecule has 1 saturated heterocycles. The van der Waals surface area contributed by atoms with E-state index in [-0.39, 0.29) is 5.91 Å². The molecule has 0 aliphatic carbocycles. The standard InChI is InChI=1S/C12H20N4O2/c1-10(9-16-4-6-18-7-5-16)8-15-12(17)11-13-2-3-14-11/h2-3,10H,4-9H2,1H3,(H,13,14)(H,15,17). The van der Waals surface area contributed by atoms with Gasteiger partial charge in [-0.3, -0.25) is 9.69 Å². The molecule has 2 heterocycles. The van der Waals surface area contributed by atoms with E-state index in [4.69, 9.17) is 4.74 Å². The number of H-pyrrole nitrogens is 1. The number of carbonyl (C=O) groups excluding carboxylic acids is 1.